The summed E-state index contributed by atoms with van der Waals surface area (Å²) in [6, 6.07) is 12.8. The maximum atomic E-state index is 13.1. The number of hydrogen-bond acceptors (Lipinski definition) is 9. The van der Waals surface area contributed by atoms with Crippen molar-refractivity contribution in [3.05, 3.63) is 83.9 Å². The van der Waals surface area contributed by atoms with Gasteiger partial charge in [-0.2, -0.15) is 0 Å². The topological polar surface area (TPSA) is 121 Å². The highest BCUT2D eigenvalue weighted by atomic mass is 32.2. The molecule has 0 fully saturated rings. The molecule has 1 amide bonds. The van der Waals surface area contributed by atoms with E-state index in [-0.39, 0.29) is 18.1 Å². The van der Waals surface area contributed by atoms with E-state index in [1.165, 1.54) is 40.7 Å². The van der Waals surface area contributed by atoms with Crippen LogP contribution in [0.5, 0.6) is 5.75 Å². The molecule has 4 rings (SSSR count). The minimum atomic E-state index is -4.83. The molecule has 0 saturated heterocycles. The van der Waals surface area contributed by atoms with Crippen molar-refractivity contribution in [1.82, 2.24) is 25.0 Å². The van der Waals surface area contributed by atoms with E-state index < -0.39 is 24.0 Å². The van der Waals surface area contributed by atoms with Gasteiger partial charge in [-0.1, -0.05) is 17.0 Å². The first-order chi connectivity index (χ1) is 18.2. The smallest absolute Gasteiger partial charge is 0.462 e. The van der Waals surface area contributed by atoms with Gasteiger partial charge in [0.2, 0.25) is 0 Å². The zero-order valence-electron chi connectivity index (χ0n) is 19.7. The number of carbonyl (C=O) groups excluding carboxylic acids is 2. The lowest BCUT2D eigenvalue weighted by Gasteiger charge is -2.11. The summed E-state index contributed by atoms with van der Waals surface area (Å²) in [7, 11) is 0. The Kier molecular flexibility index (Phi) is 8.21. The van der Waals surface area contributed by atoms with E-state index >= 15 is 0 Å². The number of alkyl halides is 3. The van der Waals surface area contributed by atoms with Crippen LogP contribution >= 0.6 is 11.8 Å². The van der Waals surface area contributed by atoms with Gasteiger partial charge in [-0.3, -0.25) is 4.79 Å². The lowest BCUT2D eigenvalue weighted by molar-refractivity contribution is -0.274. The molecule has 38 heavy (non-hydrogen) atoms. The zero-order valence-corrected chi connectivity index (χ0v) is 20.5. The summed E-state index contributed by atoms with van der Waals surface area (Å²) in [5.74, 6) is -1.30. The van der Waals surface area contributed by atoms with Crippen LogP contribution in [0.4, 0.5) is 18.9 Å². The number of hydrogen-bond donors (Lipinski definition) is 1. The highest BCUT2D eigenvalue weighted by Gasteiger charge is 2.31. The Labute approximate surface area is 218 Å². The first-order valence-corrected chi connectivity index (χ1v) is 12.0. The van der Waals surface area contributed by atoms with E-state index in [0.29, 0.717) is 27.8 Å². The van der Waals surface area contributed by atoms with Gasteiger partial charge in [0.05, 0.1) is 23.6 Å². The van der Waals surface area contributed by atoms with Crippen molar-refractivity contribution in [3.63, 3.8) is 0 Å². The fourth-order valence-corrected chi connectivity index (χ4v) is 3.99. The summed E-state index contributed by atoms with van der Waals surface area (Å²) >= 11 is 1.22. The van der Waals surface area contributed by atoms with Gasteiger partial charge >= 0.3 is 12.3 Å². The Morgan fingerprint density at radius 2 is 1.71 bits per heavy atom. The van der Waals surface area contributed by atoms with Crippen LogP contribution in [-0.4, -0.2) is 49.8 Å². The standard InChI is InChI=1S/C24H19F3N6O4S/c1-2-36-22(35)15-4-6-16(7-5-15)30-21(34)20-19(14-38-23-28-12-3-13-29-23)33(32-31-20)17-8-10-18(11-9-17)37-24(25,26)27/h3-13H,2,14H2,1H3,(H,30,34). The zero-order chi connectivity index (χ0) is 27.1. The van der Waals surface area contributed by atoms with Gasteiger partial charge in [-0.05, 0) is 61.5 Å². The molecule has 0 aliphatic carbocycles. The van der Waals surface area contributed by atoms with E-state index in [4.69, 9.17) is 4.74 Å². The average molecular weight is 545 g/mol. The van der Waals surface area contributed by atoms with E-state index in [1.807, 2.05) is 0 Å². The maximum absolute atomic E-state index is 13.1. The van der Waals surface area contributed by atoms with Gasteiger partial charge in [-0.25, -0.2) is 19.4 Å². The fourth-order valence-electron chi connectivity index (χ4n) is 3.19. The molecular formula is C24H19F3N6O4S. The van der Waals surface area contributed by atoms with Crippen molar-refractivity contribution in [3.8, 4) is 11.4 Å². The molecule has 2 aromatic heterocycles. The number of ether oxygens (including phenoxy) is 2. The number of carbonyl (C=O) groups is 2. The van der Waals surface area contributed by atoms with Crippen LogP contribution in [0, 0.1) is 0 Å². The number of anilines is 1. The lowest BCUT2D eigenvalue weighted by atomic mass is 10.2. The monoisotopic (exact) mass is 544 g/mol. The molecule has 14 heteroatoms. The Hall–Kier alpha value is -4.46. The second-order valence-corrected chi connectivity index (χ2v) is 8.35. The van der Waals surface area contributed by atoms with Crippen molar-refractivity contribution in [1.29, 1.82) is 0 Å². The second-order valence-electron chi connectivity index (χ2n) is 7.41. The molecule has 0 aliphatic heterocycles. The lowest BCUT2D eigenvalue weighted by Crippen LogP contribution is -2.17. The molecule has 196 valence electrons. The number of aromatic nitrogens is 5. The van der Waals surface area contributed by atoms with Gasteiger partial charge < -0.3 is 14.8 Å². The first-order valence-electron chi connectivity index (χ1n) is 11.0. The Morgan fingerprint density at radius 3 is 2.34 bits per heavy atom. The molecule has 2 heterocycles. The number of nitrogens with one attached hydrogen (secondary N) is 1. The molecule has 0 unspecified atom stereocenters. The van der Waals surface area contributed by atoms with Crippen molar-refractivity contribution >= 4 is 29.3 Å². The van der Waals surface area contributed by atoms with Gasteiger partial charge in [0.1, 0.15) is 5.75 Å². The van der Waals surface area contributed by atoms with E-state index in [2.05, 4.69) is 30.3 Å². The Morgan fingerprint density at radius 1 is 1.03 bits per heavy atom. The van der Waals surface area contributed by atoms with E-state index in [0.717, 1.165) is 12.1 Å². The third-order valence-corrected chi connectivity index (χ3v) is 5.71. The quantitative estimate of drug-likeness (QED) is 0.182. The Bertz CT molecular complexity index is 1400. The number of halogens is 3. The van der Waals surface area contributed by atoms with E-state index in [9.17, 15) is 22.8 Å². The van der Waals surface area contributed by atoms with Gasteiger partial charge in [-0.15, -0.1) is 18.3 Å². The normalized spacial score (nSPS) is 11.2. The van der Waals surface area contributed by atoms with Crippen molar-refractivity contribution in [2.75, 3.05) is 11.9 Å². The number of benzene rings is 2. The third kappa shape index (κ3) is 6.85. The number of esters is 1. The van der Waals surface area contributed by atoms with Crippen molar-refractivity contribution < 1.29 is 32.2 Å². The molecule has 0 radical (unpaired) electrons. The minimum absolute atomic E-state index is 0.0153. The summed E-state index contributed by atoms with van der Waals surface area (Å²) in [6.07, 6.45) is -1.69. The summed E-state index contributed by atoms with van der Waals surface area (Å²) in [4.78, 5) is 33.3. The van der Waals surface area contributed by atoms with Crippen LogP contribution in [0.3, 0.4) is 0 Å². The van der Waals surface area contributed by atoms with Crippen LogP contribution in [0.25, 0.3) is 5.69 Å². The van der Waals surface area contributed by atoms with Crippen LogP contribution in [0.15, 0.2) is 72.1 Å². The van der Waals surface area contributed by atoms with Gasteiger partial charge in [0.25, 0.3) is 5.91 Å². The SMILES string of the molecule is CCOC(=O)c1ccc(NC(=O)c2nnn(-c3ccc(OC(F)(F)F)cc3)c2CSc2ncccn2)cc1. The van der Waals surface area contributed by atoms with Crippen molar-refractivity contribution in [2.45, 2.75) is 24.2 Å². The number of thioether (sulfide) groups is 1. The Balaban J connectivity index is 1.59. The highest BCUT2D eigenvalue weighted by molar-refractivity contribution is 7.98. The van der Waals surface area contributed by atoms with Crippen LogP contribution in [0.2, 0.25) is 0 Å². The molecule has 0 aliphatic rings. The van der Waals surface area contributed by atoms with Crippen LogP contribution < -0.4 is 10.1 Å². The number of amides is 1. The number of rotatable bonds is 9. The van der Waals surface area contributed by atoms with Gasteiger partial charge in [0.15, 0.2) is 10.9 Å². The molecule has 0 bridgehead atoms. The molecule has 0 atom stereocenters. The van der Waals surface area contributed by atoms with E-state index in [1.54, 1.807) is 37.5 Å². The molecule has 4 aromatic rings. The van der Waals surface area contributed by atoms with Crippen LogP contribution in [0.1, 0.15) is 33.5 Å². The molecule has 2 aromatic carbocycles. The maximum Gasteiger partial charge on any atom is 0.573 e. The van der Waals surface area contributed by atoms with Crippen LogP contribution in [-0.2, 0) is 10.5 Å². The number of nitrogens with zero attached hydrogens (tertiary/aromatic N) is 5. The second kappa shape index (κ2) is 11.7. The molecular weight excluding hydrogens is 525 g/mol. The molecule has 0 saturated carbocycles. The predicted octanol–water partition coefficient (Wildman–Crippen LogP) is 4.68. The fraction of sp³-hybridized carbons (Fsp3) is 0.167. The third-order valence-electron chi connectivity index (χ3n) is 4.83. The highest BCUT2D eigenvalue weighted by Crippen LogP contribution is 2.26. The molecule has 1 N–H and O–H groups in total. The first kappa shape index (κ1) is 26.6. The summed E-state index contributed by atoms with van der Waals surface area (Å²) < 4.78 is 47.8. The van der Waals surface area contributed by atoms with Gasteiger partial charge in [0, 0.05) is 23.8 Å². The summed E-state index contributed by atoms with van der Waals surface area (Å²) in [5.41, 5.74) is 1.42. The molecule has 0 spiro atoms. The summed E-state index contributed by atoms with van der Waals surface area (Å²) in [5, 5.41) is 11.2. The minimum Gasteiger partial charge on any atom is -0.462 e. The summed E-state index contributed by atoms with van der Waals surface area (Å²) in [6.45, 7) is 1.93. The molecule has 10 nitrogen and oxygen atoms in total. The average Bonchev–Trinajstić information content (AvgIpc) is 3.32. The largest absolute Gasteiger partial charge is 0.573 e. The van der Waals surface area contributed by atoms with Crippen molar-refractivity contribution in [2.24, 2.45) is 0 Å². The predicted molar refractivity (Wildman–Crippen MR) is 130 cm³/mol.